The summed E-state index contributed by atoms with van der Waals surface area (Å²) in [6.45, 7) is 7.87. The summed E-state index contributed by atoms with van der Waals surface area (Å²) in [6, 6.07) is 0.373. The Bertz CT molecular complexity index is 532. The average molecular weight is 494 g/mol. The van der Waals surface area contributed by atoms with Gasteiger partial charge in [-0.05, 0) is 39.0 Å². The van der Waals surface area contributed by atoms with Gasteiger partial charge in [0.2, 0.25) is 0 Å². The highest BCUT2D eigenvalue weighted by Crippen LogP contribution is 2.18. The van der Waals surface area contributed by atoms with E-state index in [2.05, 4.69) is 37.3 Å². The van der Waals surface area contributed by atoms with Crippen LogP contribution in [0, 0.1) is 0 Å². The fourth-order valence-corrected chi connectivity index (χ4v) is 3.10. The van der Waals surface area contributed by atoms with Crippen molar-refractivity contribution in [1.29, 1.82) is 0 Å². The predicted molar refractivity (Wildman–Crippen MR) is 118 cm³/mol. The van der Waals surface area contributed by atoms with Crippen LogP contribution in [0.4, 0.5) is 0 Å². The number of rotatable bonds is 10. The second-order valence-corrected chi connectivity index (χ2v) is 6.65. The highest BCUT2D eigenvalue weighted by atomic mass is 127. The zero-order chi connectivity index (χ0) is 18.6. The quantitative estimate of drug-likeness (QED) is 0.199. The van der Waals surface area contributed by atoms with Crippen molar-refractivity contribution >= 4 is 29.9 Å². The number of nitrogens with zero attached hydrogens (tertiary/aromatic N) is 4. The van der Waals surface area contributed by atoms with Crippen molar-refractivity contribution in [3.63, 3.8) is 0 Å². The number of aryl methyl sites for hydroxylation is 1. The van der Waals surface area contributed by atoms with Gasteiger partial charge in [-0.15, -0.1) is 34.2 Å². The van der Waals surface area contributed by atoms with Crippen molar-refractivity contribution in [1.82, 2.24) is 25.4 Å². The van der Waals surface area contributed by atoms with E-state index >= 15 is 0 Å². The monoisotopic (exact) mass is 494 g/mol. The summed E-state index contributed by atoms with van der Waals surface area (Å²) in [6.07, 6.45) is 7.09. The second kappa shape index (κ2) is 14.1. The van der Waals surface area contributed by atoms with Crippen molar-refractivity contribution in [2.75, 3.05) is 26.3 Å². The van der Waals surface area contributed by atoms with Crippen LogP contribution in [0.3, 0.4) is 0 Å². The highest BCUT2D eigenvalue weighted by molar-refractivity contribution is 14.0. The Balaban J connectivity index is 0.00000364. The summed E-state index contributed by atoms with van der Waals surface area (Å²) in [5.41, 5.74) is 0. The standard InChI is InChI=1S/C18H34N6O2.HI/c1-3-17-23-21-14-24(17)12-11-20-18(19-10-5-13-26-4-2)22-15-6-8-16(25)9-7-15;/h14-16,25H,3-13H2,1-2H3,(H2,19,20,22);1H. The largest absolute Gasteiger partial charge is 0.393 e. The number of ether oxygens (including phenoxy) is 1. The molecule has 1 aliphatic rings. The number of aliphatic hydroxyl groups is 1. The third-order valence-corrected chi connectivity index (χ3v) is 4.62. The molecule has 0 radical (unpaired) electrons. The molecule has 1 aromatic heterocycles. The van der Waals surface area contributed by atoms with Crippen LogP contribution in [0.15, 0.2) is 11.3 Å². The molecule has 1 heterocycles. The normalized spacial score (nSPS) is 20.2. The molecule has 1 saturated carbocycles. The molecule has 0 saturated heterocycles. The summed E-state index contributed by atoms with van der Waals surface area (Å²) in [7, 11) is 0. The topological polar surface area (TPSA) is 96.6 Å². The van der Waals surface area contributed by atoms with Crippen LogP contribution in [0.5, 0.6) is 0 Å². The maximum Gasteiger partial charge on any atom is 0.191 e. The number of nitrogens with one attached hydrogen (secondary N) is 2. The molecular formula is C18H35IN6O2. The Hall–Kier alpha value is -0.940. The molecule has 0 atom stereocenters. The Morgan fingerprint density at radius 3 is 2.81 bits per heavy atom. The molecule has 1 fully saturated rings. The maximum atomic E-state index is 9.68. The fraction of sp³-hybridized carbons (Fsp3) is 0.833. The summed E-state index contributed by atoms with van der Waals surface area (Å²) in [4.78, 5) is 4.68. The molecule has 0 amide bonds. The van der Waals surface area contributed by atoms with Crippen molar-refractivity contribution in [3.05, 3.63) is 12.2 Å². The first-order valence-corrected chi connectivity index (χ1v) is 9.90. The second-order valence-electron chi connectivity index (χ2n) is 6.65. The minimum atomic E-state index is -0.145. The van der Waals surface area contributed by atoms with Crippen LogP contribution in [-0.4, -0.2) is 64.3 Å². The van der Waals surface area contributed by atoms with Gasteiger partial charge in [0.15, 0.2) is 5.96 Å². The van der Waals surface area contributed by atoms with Gasteiger partial charge >= 0.3 is 0 Å². The van der Waals surface area contributed by atoms with Gasteiger partial charge in [0.25, 0.3) is 0 Å². The molecule has 1 aromatic rings. The first-order valence-electron chi connectivity index (χ1n) is 9.90. The third-order valence-electron chi connectivity index (χ3n) is 4.62. The van der Waals surface area contributed by atoms with Gasteiger partial charge in [-0.2, -0.15) is 0 Å². The van der Waals surface area contributed by atoms with Crippen LogP contribution in [0.2, 0.25) is 0 Å². The zero-order valence-electron chi connectivity index (χ0n) is 16.6. The van der Waals surface area contributed by atoms with E-state index in [0.29, 0.717) is 6.04 Å². The Morgan fingerprint density at radius 1 is 1.33 bits per heavy atom. The van der Waals surface area contributed by atoms with Crippen molar-refractivity contribution < 1.29 is 9.84 Å². The first-order chi connectivity index (χ1) is 12.7. The number of aliphatic hydroxyl groups excluding tert-OH is 1. The molecule has 2 rings (SSSR count). The summed E-state index contributed by atoms with van der Waals surface area (Å²) < 4.78 is 7.44. The van der Waals surface area contributed by atoms with E-state index in [1.54, 1.807) is 6.33 Å². The zero-order valence-corrected chi connectivity index (χ0v) is 18.9. The van der Waals surface area contributed by atoms with Crippen LogP contribution in [0.1, 0.15) is 51.8 Å². The Kier molecular flexibility index (Phi) is 12.6. The summed E-state index contributed by atoms with van der Waals surface area (Å²) >= 11 is 0. The average Bonchev–Trinajstić information content (AvgIpc) is 3.10. The molecule has 3 N–H and O–H groups in total. The molecule has 0 unspecified atom stereocenters. The molecule has 0 aliphatic heterocycles. The number of guanidine groups is 1. The lowest BCUT2D eigenvalue weighted by Gasteiger charge is -2.27. The lowest BCUT2D eigenvalue weighted by atomic mass is 9.93. The van der Waals surface area contributed by atoms with Gasteiger partial charge in [-0.3, -0.25) is 4.99 Å². The number of hydrogen-bond donors (Lipinski definition) is 3. The molecule has 0 spiro atoms. The lowest BCUT2D eigenvalue weighted by Crippen LogP contribution is -2.46. The molecule has 1 aliphatic carbocycles. The van der Waals surface area contributed by atoms with Crippen molar-refractivity contribution in [2.45, 2.75) is 71.1 Å². The van der Waals surface area contributed by atoms with E-state index in [4.69, 9.17) is 4.74 Å². The van der Waals surface area contributed by atoms with E-state index in [1.165, 1.54) is 0 Å². The molecule has 0 bridgehead atoms. The van der Waals surface area contributed by atoms with Crippen LogP contribution in [0.25, 0.3) is 0 Å². The lowest BCUT2D eigenvalue weighted by molar-refractivity contribution is 0.120. The van der Waals surface area contributed by atoms with Crippen molar-refractivity contribution in [3.8, 4) is 0 Å². The molecule has 0 aromatic carbocycles. The highest BCUT2D eigenvalue weighted by Gasteiger charge is 2.20. The minimum Gasteiger partial charge on any atom is -0.393 e. The Labute approximate surface area is 179 Å². The van der Waals surface area contributed by atoms with Crippen LogP contribution in [-0.2, 0) is 17.7 Å². The predicted octanol–water partition coefficient (Wildman–Crippen LogP) is 1.72. The third kappa shape index (κ3) is 9.20. The van der Waals surface area contributed by atoms with Gasteiger partial charge < -0.3 is 25.0 Å². The van der Waals surface area contributed by atoms with Gasteiger partial charge in [0.1, 0.15) is 12.2 Å². The summed E-state index contributed by atoms with van der Waals surface area (Å²) in [5, 5.41) is 24.7. The van der Waals surface area contributed by atoms with Gasteiger partial charge in [0, 0.05) is 45.3 Å². The van der Waals surface area contributed by atoms with E-state index in [1.807, 2.05) is 6.92 Å². The van der Waals surface area contributed by atoms with E-state index in [9.17, 15) is 5.11 Å². The first kappa shape index (κ1) is 24.1. The summed E-state index contributed by atoms with van der Waals surface area (Å²) in [5.74, 6) is 1.84. The number of halogens is 1. The van der Waals surface area contributed by atoms with Crippen LogP contribution >= 0.6 is 24.0 Å². The molecule has 8 nitrogen and oxygen atoms in total. The van der Waals surface area contributed by atoms with E-state index in [-0.39, 0.29) is 30.1 Å². The van der Waals surface area contributed by atoms with Gasteiger partial charge in [-0.1, -0.05) is 6.92 Å². The van der Waals surface area contributed by atoms with E-state index < -0.39 is 0 Å². The van der Waals surface area contributed by atoms with Gasteiger partial charge in [0.05, 0.1) is 6.10 Å². The SMILES string of the molecule is CCOCCCN=C(NCCn1cnnc1CC)NC1CCC(O)CC1.I. The number of aromatic nitrogens is 3. The fourth-order valence-electron chi connectivity index (χ4n) is 3.10. The molecule has 156 valence electrons. The number of aliphatic imine (C=N–C) groups is 1. The Morgan fingerprint density at radius 2 is 2.11 bits per heavy atom. The maximum absolute atomic E-state index is 9.68. The molecule has 27 heavy (non-hydrogen) atoms. The van der Waals surface area contributed by atoms with Gasteiger partial charge in [-0.25, -0.2) is 0 Å². The molecule has 9 heteroatoms. The molecular weight excluding hydrogens is 459 g/mol. The number of hydrogen-bond acceptors (Lipinski definition) is 5. The smallest absolute Gasteiger partial charge is 0.191 e. The van der Waals surface area contributed by atoms with E-state index in [0.717, 1.165) is 83.2 Å². The van der Waals surface area contributed by atoms with Crippen LogP contribution < -0.4 is 10.6 Å². The minimum absolute atomic E-state index is 0. The van der Waals surface area contributed by atoms with Crippen molar-refractivity contribution in [2.24, 2.45) is 4.99 Å².